The number of halogens is 1. The Morgan fingerprint density at radius 3 is 2.48 bits per heavy atom. The topological polar surface area (TPSA) is 93.2 Å². The number of nitro groups is 1. The summed E-state index contributed by atoms with van der Waals surface area (Å²) >= 11 is 5.82. The number of ether oxygens (including phenoxy) is 1. The van der Waals surface area contributed by atoms with Crippen LogP contribution in [0.25, 0.3) is 0 Å². The van der Waals surface area contributed by atoms with Crippen molar-refractivity contribution in [2.24, 2.45) is 0 Å². The molecule has 0 aromatic heterocycles. The van der Waals surface area contributed by atoms with Gasteiger partial charge in [-0.25, -0.2) is 0 Å². The van der Waals surface area contributed by atoms with Gasteiger partial charge in [0.1, 0.15) is 11.6 Å². The molecule has 0 amide bonds. The number of nitriles is 1. The molecule has 0 saturated carbocycles. The Morgan fingerprint density at radius 1 is 1.30 bits per heavy atom. The monoisotopic (exact) mass is 330 g/mol. The lowest BCUT2D eigenvalue weighted by Crippen LogP contribution is -2.07. The fourth-order valence-electron chi connectivity index (χ4n) is 2.08. The number of carbonyl (C=O) groups excluding carboxylic acids is 1. The SMILES string of the molecule is CC(=O)Oc1c(C#N)cc(Cc2ccc(Cl)cc2)cc1[N+](=O)[O-]. The summed E-state index contributed by atoms with van der Waals surface area (Å²) in [5, 5.41) is 21.0. The van der Waals surface area contributed by atoms with Gasteiger partial charge in [0.15, 0.2) is 0 Å². The number of benzene rings is 2. The number of nitrogens with zero attached hydrogens (tertiary/aromatic N) is 2. The highest BCUT2D eigenvalue weighted by Gasteiger charge is 2.23. The molecule has 2 aromatic rings. The molecule has 23 heavy (non-hydrogen) atoms. The molecule has 116 valence electrons. The van der Waals surface area contributed by atoms with Gasteiger partial charge in [-0.15, -0.1) is 0 Å². The van der Waals surface area contributed by atoms with Crippen LogP contribution in [0.1, 0.15) is 23.6 Å². The summed E-state index contributed by atoms with van der Waals surface area (Å²) in [6.45, 7) is 1.12. The number of rotatable bonds is 4. The first-order valence-electron chi connectivity index (χ1n) is 6.55. The summed E-state index contributed by atoms with van der Waals surface area (Å²) < 4.78 is 4.83. The second-order valence-corrected chi connectivity index (χ2v) is 5.19. The Morgan fingerprint density at radius 2 is 1.96 bits per heavy atom. The molecule has 6 nitrogen and oxygen atoms in total. The summed E-state index contributed by atoms with van der Waals surface area (Å²) in [6.07, 6.45) is 0.382. The molecule has 0 saturated heterocycles. The quantitative estimate of drug-likeness (QED) is 0.369. The van der Waals surface area contributed by atoms with Crippen LogP contribution < -0.4 is 4.74 Å². The van der Waals surface area contributed by atoms with Crippen LogP contribution in [0.4, 0.5) is 5.69 Å². The summed E-state index contributed by atoms with van der Waals surface area (Å²) in [4.78, 5) is 21.6. The average Bonchev–Trinajstić information content (AvgIpc) is 2.50. The predicted octanol–water partition coefficient (Wildman–Crippen LogP) is 3.64. The highest BCUT2D eigenvalue weighted by atomic mass is 35.5. The first kappa shape index (κ1) is 16.5. The Balaban J connectivity index is 2.47. The molecule has 0 unspecified atom stereocenters. The predicted molar refractivity (Wildman–Crippen MR) is 83.4 cm³/mol. The third-order valence-corrected chi connectivity index (χ3v) is 3.27. The molecule has 7 heteroatoms. The molecule has 2 aromatic carbocycles. The van der Waals surface area contributed by atoms with E-state index in [0.29, 0.717) is 17.0 Å². The van der Waals surface area contributed by atoms with Gasteiger partial charge in [-0.05, 0) is 35.7 Å². The molecule has 2 rings (SSSR count). The molecule has 0 heterocycles. The first-order valence-corrected chi connectivity index (χ1v) is 6.92. The first-order chi connectivity index (χ1) is 10.9. The van der Waals surface area contributed by atoms with Gasteiger partial charge < -0.3 is 4.74 Å². The van der Waals surface area contributed by atoms with Crippen LogP contribution in [0.3, 0.4) is 0 Å². The van der Waals surface area contributed by atoms with E-state index in [2.05, 4.69) is 0 Å². The van der Waals surface area contributed by atoms with Gasteiger partial charge in [0.25, 0.3) is 0 Å². The number of carbonyl (C=O) groups is 1. The van der Waals surface area contributed by atoms with Crippen molar-refractivity contribution in [3.8, 4) is 11.8 Å². The molecule has 0 aliphatic rings. The fourth-order valence-corrected chi connectivity index (χ4v) is 2.21. The summed E-state index contributed by atoms with van der Waals surface area (Å²) in [7, 11) is 0. The minimum absolute atomic E-state index is 0.0571. The maximum Gasteiger partial charge on any atom is 0.313 e. The standard InChI is InChI=1S/C16H11ClN2O4/c1-10(20)23-16-13(9-18)7-12(8-15(16)19(21)22)6-11-2-4-14(17)5-3-11/h2-5,7-8H,6H2,1H3. The normalized spacial score (nSPS) is 9.96. The van der Waals surface area contributed by atoms with Crippen molar-refractivity contribution in [3.63, 3.8) is 0 Å². The van der Waals surface area contributed by atoms with Gasteiger partial charge in [0, 0.05) is 18.0 Å². The molecular weight excluding hydrogens is 320 g/mol. The van der Waals surface area contributed by atoms with Gasteiger partial charge in [-0.3, -0.25) is 14.9 Å². The molecular formula is C16H11ClN2O4. The van der Waals surface area contributed by atoms with E-state index >= 15 is 0 Å². The zero-order valence-electron chi connectivity index (χ0n) is 12.1. The third kappa shape index (κ3) is 4.05. The van der Waals surface area contributed by atoms with Crippen molar-refractivity contribution in [1.29, 1.82) is 5.26 Å². The van der Waals surface area contributed by atoms with E-state index in [1.807, 2.05) is 6.07 Å². The molecule has 0 aliphatic carbocycles. The van der Waals surface area contributed by atoms with Crippen molar-refractivity contribution >= 4 is 23.3 Å². The Bertz CT molecular complexity index is 810. The third-order valence-electron chi connectivity index (χ3n) is 3.01. The lowest BCUT2D eigenvalue weighted by Gasteiger charge is -2.08. The Hall–Kier alpha value is -2.91. The second-order valence-electron chi connectivity index (χ2n) is 4.76. The van der Waals surface area contributed by atoms with E-state index in [4.69, 9.17) is 16.3 Å². The molecule has 0 fully saturated rings. The number of hydrogen-bond acceptors (Lipinski definition) is 5. The van der Waals surface area contributed by atoms with Crippen molar-refractivity contribution in [2.75, 3.05) is 0 Å². The Kier molecular flexibility index (Phi) is 4.94. The second kappa shape index (κ2) is 6.90. The number of nitro benzene ring substituents is 1. The average molecular weight is 331 g/mol. The minimum Gasteiger partial charge on any atom is -0.418 e. The van der Waals surface area contributed by atoms with Crippen LogP contribution in [0, 0.1) is 21.4 Å². The summed E-state index contributed by atoms with van der Waals surface area (Å²) in [5.74, 6) is -1.06. The minimum atomic E-state index is -0.727. The van der Waals surface area contributed by atoms with Crippen molar-refractivity contribution in [1.82, 2.24) is 0 Å². The zero-order chi connectivity index (χ0) is 17.0. The molecule has 0 aliphatic heterocycles. The maximum absolute atomic E-state index is 11.2. The van der Waals surface area contributed by atoms with Crippen molar-refractivity contribution < 1.29 is 14.5 Å². The molecule has 0 atom stereocenters. The van der Waals surface area contributed by atoms with E-state index in [9.17, 15) is 20.2 Å². The van der Waals surface area contributed by atoms with E-state index in [1.54, 1.807) is 24.3 Å². The van der Waals surface area contributed by atoms with Crippen molar-refractivity contribution in [2.45, 2.75) is 13.3 Å². The highest BCUT2D eigenvalue weighted by molar-refractivity contribution is 6.30. The van der Waals surface area contributed by atoms with E-state index < -0.39 is 16.6 Å². The fraction of sp³-hybridized carbons (Fsp3) is 0.125. The van der Waals surface area contributed by atoms with Crippen LogP contribution >= 0.6 is 11.6 Å². The van der Waals surface area contributed by atoms with Gasteiger partial charge in [0.2, 0.25) is 5.75 Å². The highest BCUT2D eigenvalue weighted by Crippen LogP contribution is 2.33. The van der Waals surface area contributed by atoms with Gasteiger partial charge in [-0.1, -0.05) is 23.7 Å². The van der Waals surface area contributed by atoms with Gasteiger partial charge >= 0.3 is 11.7 Å². The lowest BCUT2D eigenvalue weighted by atomic mass is 10.0. The molecule has 0 radical (unpaired) electrons. The van der Waals surface area contributed by atoms with Gasteiger partial charge in [-0.2, -0.15) is 5.26 Å². The lowest BCUT2D eigenvalue weighted by molar-refractivity contribution is -0.385. The molecule has 0 N–H and O–H groups in total. The smallest absolute Gasteiger partial charge is 0.313 e. The largest absolute Gasteiger partial charge is 0.418 e. The molecule has 0 spiro atoms. The van der Waals surface area contributed by atoms with Crippen LogP contribution in [0.5, 0.6) is 5.75 Å². The number of hydrogen-bond donors (Lipinski definition) is 0. The summed E-state index contributed by atoms with van der Waals surface area (Å²) in [5.41, 5.74) is 0.973. The van der Waals surface area contributed by atoms with E-state index in [-0.39, 0.29) is 11.3 Å². The maximum atomic E-state index is 11.2. The molecule has 0 bridgehead atoms. The van der Waals surface area contributed by atoms with Crippen molar-refractivity contribution in [3.05, 3.63) is 68.2 Å². The Labute approximate surface area is 137 Å². The summed E-state index contributed by atoms with van der Waals surface area (Å²) in [6, 6.07) is 11.6. The van der Waals surface area contributed by atoms with Crippen LogP contribution in [0.15, 0.2) is 36.4 Å². The van der Waals surface area contributed by atoms with Crippen LogP contribution in [-0.4, -0.2) is 10.9 Å². The number of esters is 1. The van der Waals surface area contributed by atoms with Gasteiger partial charge in [0.05, 0.1) is 4.92 Å². The van der Waals surface area contributed by atoms with E-state index in [0.717, 1.165) is 12.5 Å². The zero-order valence-corrected chi connectivity index (χ0v) is 12.8. The van der Waals surface area contributed by atoms with Crippen LogP contribution in [0.2, 0.25) is 5.02 Å². The van der Waals surface area contributed by atoms with Crippen LogP contribution in [-0.2, 0) is 11.2 Å². The van der Waals surface area contributed by atoms with E-state index in [1.165, 1.54) is 12.1 Å².